The van der Waals surface area contributed by atoms with Gasteiger partial charge in [-0.3, -0.25) is 0 Å². The van der Waals surface area contributed by atoms with E-state index in [0.29, 0.717) is 6.10 Å². The topological polar surface area (TPSA) is 9.23 Å². The van der Waals surface area contributed by atoms with E-state index in [4.69, 9.17) is 4.74 Å². The highest BCUT2D eigenvalue weighted by Gasteiger charge is 2.19. The molecule has 0 bridgehead atoms. The Kier molecular flexibility index (Phi) is 2.52. The first kappa shape index (κ1) is 7.07. The average molecular weight is 128 g/mol. The summed E-state index contributed by atoms with van der Waals surface area (Å²) in [5.74, 6) is 0.795. The highest BCUT2D eigenvalue weighted by molar-refractivity contribution is 4.71. The Morgan fingerprint density at radius 2 is 1.89 bits per heavy atom. The molecule has 1 saturated carbocycles. The summed E-state index contributed by atoms with van der Waals surface area (Å²) in [5.41, 5.74) is 0. The van der Waals surface area contributed by atoms with Gasteiger partial charge in [0.15, 0.2) is 0 Å². The van der Waals surface area contributed by atoms with Crippen LogP contribution in [0.4, 0.5) is 0 Å². The molecule has 0 aromatic carbocycles. The maximum absolute atomic E-state index is 5.30. The number of ether oxygens (including phenoxy) is 1. The monoisotopic (exact) mass is 128 g/mol. The van der Waals surface area contributed by atoms with Crippen LogP contribution in [0, 0.1) is 5.92 Å². The summed E-state index contributed by atoms with van der Waals surface area (Å²) in [5, 5.41) is 0. The molecule has 0 spiro atoms. The van der Waals surface area contributed by atoms with Gasteiger partial charge >= 0.3 is 0 Å². The minimum Gasteiger partial charge on any atom is -0.381 e. The first-order valence-electron chi connectivity index (χ1n) is 3.87. The summed E-state index contributed by atoms with van der Waals surface area (Å²) in [6.45, 7) is 2.29. The fourth-order valence-corrected chi connectivity index (χ4v) is 1.63. The zero-order chi connectivity index (χ0) is 6.69. The maximum Gasteiger partial charge on any atom is 0.0596 e. The molecular weight excluding hydrogens is 112 g/mol. The van der Waals surface area contributed by atoms with Gasteiger partial charge in [0.1, 0.15) is 0 Å². The standard InChI is InChI=1S/C8H16O/c1-7-5-3-4-6-8(7)9-2/h7-8H,3-6H2,1-2H3/t7-,8-/m0/s1. The van der Waals surface area contributed by atoms with Crippen LogP contribution in [-0.4, -0.2) is 13.2 Å². The summed E-state index contributed by atoms with van der Waals surface area (Å²) in [7, 11) is 1.83. The Bertz CT molecular complexity index is 80.6. The molecule has 1 aliphatic carbocycles. The van der Waals surface area contributed by atoms with E-state index in [-0.39, 0.29) is 0 Å². The van der Waals surface area contributed by atoms with Crippen LogP contribution in [0.25, 0.3) is 0 Å². The predicted molar refractivity (Wildman–Crippen MR) is 38.4 cm³/mol. The first-order valence-corrected chi connectivity index (χ1v) is 3.87. The van der Waals surface area contributed by atoms with Crippen LogP contribution in [0.5, 0.6) is 0 Å². The second-order valence-electron chi connectivity index (χ2n) is 3.04. The van der Waals surface area contributed by atoms with Crippen molar-refractivity contribution in [2.45, 2.75) is 38.7 Å². The molecule has 1 heteroatoms. The molecule has 0 N–H and O–H groups in total. The van der Waals surface area contributed by atoms with Crippen molar-refractivity contribution in [3.05, 3.63) is 0 Å². The van der Waals surface area contributed by atoms with Crippen LogP contribution in [0.2, 0.25) is 0 Å². The number of rotatable bonds is 1. The third kappa shape index (κ3) is 1.68. The van der Waals surface area contributed by atoms with E-state index >= 15 is 0 Å². The Balaban J connectivity index is 2.30. The molecule has 0 aromatic rings. The van der Waals surface area contributed by atoms with Gasteiger partial charge in [0.25, 0.3) is 0 Å². The van der Waals surface area contributed by atoms with Gasteiger partial charge in [0.2, 0.25) is 0 Å². The molecule has 0 aliphatic heterocycles. The molecule has 9 heavy (non-hydrogen) atoms. The minimum absolute atomic E-state index is 0.554. The quantitative estimate of drug-likeness (QED) is 0.526. The molecule has 54 valence electrons. The van der Waals surface area contributed by atoms with E-state index in [0.717, 1.165) is 5.92 Å². The third-order valence-corrected chi connectivity index (χ3v) is 2.34. The maximum atomic E-state index is 5.30. The first-order chi connectivity index (χ1) is 4.34. The van der Waals surface area contributed by atoms with E-state index in [9.17, 15) is 0 Å². The number of hydrogen-bond acceptors (Lipinski definition) is 1. The molecule has 0 saturated heterocycles. The molecule has 0 unspecified atom stereocenters. The highest BCUT2D eigenvalue weighted by Crippen LogP contribution is 2.25. The van der Waals surface area contributed by atoms with Gasteiger partial charge in [-0.25, -0.2) is 0 Å². The zero-order valence-electron chi connectivity index (χ0n) is 6.39. The van der Waals surface area contributed by atoms with Crippen LogP contribution < -0.4 is 0 Å². The molecule has 1 nitrogen and oxygen atoms in total. The summed E-state index contributed by atoms with van der Waals surface area (Å²) >= 11 is 0. The Morgan fingerprint density at radius 1 is 1.22 bits per heavy atom. The largest absolute Gasteiger partial charge is 0.381 e. The lowest BCUT2D eigenvalue weighted by Gasteiger charge is -2.26. The van der Waals surface area contributed by atoms with Crippen molar-refractivity contribution in [1.82, 2.24) is 0 Å². The van der Waals surface area contributed by atoms with Gasteiger partial charge in [-0.1, -0.05) is 19.8 Å². The summed E-state index contributed by atoms with van der Waals surface area (Å²) < 4.78 is 5.30. The van der Waals surface area contributed by atoms with E-state index < -0.39 is 0 Å². The lowest BCUT2D eigenvalue weighted by atomic mass is 9.88. The highest BCUT2D eigenvalue weighted by atomic mass is 16.5. The average Bonchev–Trinajstić information content (AvgIpc) is 1.89. The molecule has 0 amide bonds. The van der Waals surface area contributed by atoms with Crippen molar-refractivity contribution >= 4 is 0 Å². The Hall–Kier alpha value is -0.0400. The van der Waals surface area contributed by atoms with Crippen LogP contribution >= 0.6 is 0 Å². The van der Waals surface area contributed by atoms with E-state index in [1.165, 1.54) is 25.7 Å². The normalized spacial score (nSPS) is 36.7. The van der Waals surface area contributed by atoms with Gasteiger partial charge in [-0.2, -0.15) is 0 Å². The van der Waals surface area contributed by atoms with Crippen molar-refractivity contribution in [1.29, 1.82) is 0 Å². The van der Waals surface area contributed by atoms with Crippen molar-refractivity contribution in [3.8, 4) is 0 Å². The van der Waals surface area contributed by atoms with Crippen LogP contribution in [-0.2, 0) is 4.74 Å². The lowest BCUT2D eigenvalue weighted by molar-refractivity contribution is 0.0310. The van der Waals surface area contributed by atoms with E-state index in [2.05, 4.69) is 6.92 Å². The van der Waals surface area contributed by atoms with Crippen molar-refractivity contribution in [2.75, 3.05) is 7.11 Å². The molecular formula is C8H16O. The van der Waals surface area contributed by atoms with Crippen molar-refractivity contribution in [2.24, 2.45) is 5.92 Å². The summed E-state index contributed by atoms with van der Waals surface area (Å²) in [6, 6.07) is 0. The molecule has 0 heterocycles. The third-order valence-electron chi connectivity index (χ3n) is 2.34. The second kappa shape index (κ2) is 3.21. The van der Waals surface area contributed by atoms with Crippen molar-refractivity contribution in [3.63, 3.8) is 0 Å². The molecule has 2 atom stereocenters. The minimum atomic E-state index is 0.554. The SMILES string of the molecule is CO[C@H]1CCCC[C@@H]1C. The molecule has 1 fully saturated rings. The summed E-state index contributed by atoms with van der Waals surface area (Å²) in [4.78, 5) is 0. The van der Waals surface area contributed by atoms with Crippen LogP contribution in [0.1, 0.15) is 32.6 Å². The fraction of sp³-hybridized carbons (Fsp3) is 1.00. The zero-order valence-corrected chi connectivity index (χ0v) is 6.39. The molecule has 0 aromatic heterocycles. The number of methoxy groups -OCH3 is 1. The Morgan fingerprint density at radius 3 is 2.33 bits per heavy atom. The van der Waals surface area contributed by atoms with E-state index in [1.807, 2.05) is 7.11 Å². The van der Waals surface area contributed by atoms with Gasteiger partial charge in [-0.05, 0) is 18.8 Å². The molecule has 0 radical (unpaired) electrons. The predicted octanol–water partition coefficient (Wildman–Crippen LogP) is 2.21. The lowest BCUT2D eigenvalue weighted by Crippen LogP contribution is -2.23. The van der Waals surface area contributed by atoms with Crippen LogP contribution in [0.3, 0.4) is 0 Å². The van der Waals surface area contributed by atoms with E-state index in [1.54, 1.807) is 0 Å². The molecule has 1 rings (SSSR count). The van der Waals surface area contributed by atoms with Crippen LogP contribution in [0.15, 0.2) is 0 Å². The molecule has 1 aliphatic rings. The summed E-state index contributed by atoms with van der Waals surface area (Å²) in [6.07, 6.45) is 5.96. The van der Waals surface area contributed by atoms with Gasteiger partial charge in [0, 0.05) is 7.11 Å². The van der Waals surface area contributed by atoms with Gasteiger partial charge in [0.05, 0.1) is 6.10 Å². The fourth-order valence-electron chi connectivity index (χ4n) is 1.63. The van der Waals surface area contributed by atoms with Gasteiger partial charge in [-0.15, -0.1) is 0 Å². The smallest absolute Gasteiger partial charge is 0.0596 e. The van der Waals surface area contributed by atoms with Crippen molar-refractivity contribution < 1.29 is 4.74 Å². The number of hydrogen-bond donors (Lipinski definition) is 0. The second-order valence-corrected chi connectivity index (χ2v) is 3.04. The Labute approximate surface area is 57.4 Å². The van der Waals surface area contributed by atoms with Gasteiger partial charge < -0.3 is 4.74 Å².